The van der Waals surface area contributed by atoms with E-state index in [1.807, 2.05) is 6.26 Å². The first-order chi connectivity index (χ1) is 14.7. The van der Waals surface area contributed by atoms with E-state index in [4.69, 9.17) is 21.8 Å². The van der Waals surface area contributed by atoms with Crippen LogP contribution < -0.4 is 5.73 Å². The largest absolute Gasteiger partial charge is 0.438 e. The molecular weight excluding hydrogens is 439 g/mol. The SMILES string of the molecule is CSc1nccc(-c2oc(C3CC3)nc2-c2cc(F)cc(CC(C)(C)C(N)=O)c2Cl)n1. The van der Waals surface area contributed by atoms with E-state index in [1.165, 1.54) is 23.9 Å². The summed E-state index contributed by atoms with van der Waals surface area (Å²) in [5.41, 5.74) is 6.47. The highest BCUT2D eigenvalue weighted by atomic mass is 35.5. The number of benzene rings is 1. The van der Waals surface area contributed by atoms with Gasteiger partial charge in [-0.2, -0.15) is 0 Å². The van der Waals surface area contributed by atoms with Crippen LogP contribution in [0.2, 0.25) is 5.02 Å². The molecule has 1 amide bonds. The normalized spacial score (nSPS) is 14.1. The number of oxazole rings is 1. The van der Waals surface area contributed by atoms with E-state index in [-0.39, 0.29) is 12.3 Å². The van der Waals surface area contributed by atoms with Gasteiger partial charge in [0.15, 0.2) is 16.8 Å². The van der Waals surface area contributed by atoms with Crippen LogP contribution in [0, 0.1) is 11.2 Å². The molecule has 1 fully saturated rings. The zero-order chi connectivity index (χ0) is 22.3. The molecule has 9 heteroatoms. The molecule has 1 saturated carbocycles. The summed E-state index contributed by atoms with van der Waals surface area (Å²) in [7, 11) is 0. The van der Waals surface area contributed by atoms with E-state index in [0.29, 0.717) is 44.3 Å². The van der Waals surface area contributed by atoms with Gasteiger partial charge in [-0.3, -0.25) is 4.79 Å². The lowest BCUT2D eigenvalue weighted by atomic mass is 9.84. The molecule has 2 N–H and O–H groups in total. The molecule has 0 unspecified atom stereocenters. The van der Waals surface area contributed by atoms with Crippen LogP contribution in [0.15, 0.2) is 34.0 Å². The summed E-state index contributed by atoms with van der Waals surface area (Å²) >= 11 is 8.12. The summed E-state index contributed by atoms with van der Waals surface area (Å²) in [6, 6.07) is 4.39. The van der Waals surface area contributed by atoms with Crippen LogP contribution in [0.25, 0.3) is 22.7 Å². The number of halogens is 2. The third kappa shape index (κ3) is 4.45. The minimum atomic E-state index is -0.888. The number of thioether (sulfide) groups is 1. The molecule has 6 nitrogen and oxygen atoms in total. The van der Waals surface area contributed by atoms with Gasteiger partial charge in [0, 0.05) is 23.1 Å². The van der Waals surface area contributed by atoms with Crippen molar-refractivity contribution < 1.29 is 13.6 Å². The summed E-state index contributed by atoms with van der Waals surface area (Å²) in [6.45, 7) is 3.40. The lowest BCUT2D eigenvalue weighted by Gasteiger charge is -2.21. The fraction of sp³-hybridized carbons (Fsp3) is 0.364. The van der Waals surface area contributed by atoms with Crippen LogP contribution in [0.4, 0.5) is 4.39 Å². The van der Waals surface area contributed by atoms with Crippen molar-refractivity contribution in [3.05, 3.63) is 46.7 Å². The fourth-order valence-electron chi connectivity index (χ4n) is 3.27. The highest BCUT2D eigenvalue weighted by molar-refractivity contribution is 7.98. The molecule has 0 saturated heterocycles. The number of hydrogen-bond acceptors (Lipinski definition) is 6. The highest BCUT2D eigenvalue weighted by Gasteiger charge is 2.33. The molecule has 162 valence electrons. The van der Waals surface area contributed by atoms with Crippen molar-refractivity contribution in [1.29, 1.82) is 0 Å². The summed E-state index contributed by atoms with van der Waals surface area (Å²) in [4.78, 5) is 25.2. The first-order valence-corrected chi connectivity index (χ1v) is 11.5. The lowest BCUT2D eigenvalue weighted by Crippen LogP contribution is -2.33. The van der Waals surface area contributed by atoms with Crippen molar-refractivity contribution in [3.8, 4) is 22.7 Å². The molecule has 4 rings (SSSR count). The van der Waals surface area contributed by atoms with Gasteiger partial charge in [-0.25, -0.2) is 19.3 Å². The van der Waals surface area contributed by atoms with Crippen molar-refractivity contribution >= 4 is 29.3 Å². The van der Waals surface area contributed by atoms with E-state index in [9.17, 15) is 9.18 Å². The van der Waals surface area contributed by atoms with Gasteiger partial charge in [-0.05, 0) is 49.3 Å². The van der Waals surface area contributed by atoms with Crippen LogP contribution in [0.3, 0.4) is 0 Å². The summed E-state index contributed by atoms with van der Waals surface area (Å²) in [5.74, 6) is 0.290. The second kappa shape index (κ2) is 8.24. The Balaban J connectivity index is 1.87. The Morgan fingerprint density at radius 3 is 2.74 bits per heavy atom. The Labute approximate surface area is 188 Å². The quantitative estimate of drug-likeness (QED) is 0.382. The van der Waals surface area contributed by atoms with Crippen LogP contribution in [-0.4, -0.2) is 27.1 Å². The second-order valence-electron chi connectivity index (χ2n) is 8.28. The molecule has 1 aliphatic carbocycles. The molecule has 1 aromatic carbocycles. The van der Waals surface area contributed by atoms with Crippen molar-refractivity contribution in [2.75, 3.05) is 6.26 Å². The van der Waals surface area contributed by atoms with Gasteiger partial charge in [0.05, 0.1) is 5.02 Å². The van der Waals surface area contributed by atoms with E-state index >= 15 is 0 Å². The monoisotopic (exact) mass is 460 g/mol. The Morgan fingerprint density at radius 2 is 2.10 bits per heavy atom. The Morgan fingerprint density at radius 1 is 1.35 bits per heavy atom. The van der Waals surface area contributed by atoms with E-state index in [1.54, 1.807) is 26.1 Å². The molecule has 0 aliphatic heterocycles. The number of carbonyl (C=O) groups excluding carboxylic acids is 1. The van der Waals surface area contributed by atoms with Crippen molar-refractivity contribution in [2.24, 2.45) is 11.1 Å². The molecular formula is C22H22ClFN4O2S. The summed E-state index contributed by atoms with van der Waals surface area (Å²) in [5, 5.41) is 0.897. The molecule has 2 aromatic heterocycles. The van der Waals surface area contributed by atoms with E-state index < -0.39 is 17.1 Å². The number of primary amides is 1. The molecule has 3 aromatic rings. The average molecular weight is 461 g/mol. The summed E-state index contributed by atoms with van der Waals surface area (Å²) in [6.07, 6.45) is 5.71. The minimum Gasteiger partial charge on any atom is -0.438 e. The van der Waals surface area contributed by atoms with E-state index in [0.717, 1.165) is 12.8 Å². The van der Waals surface area contributed by atoms with Crippen molar-refractivity contribution in [2.45, 2.75) is 44.2 Å². The van der Waals surface area contributed by atoms with Crippen LogP contribution in [0.5, 0.6) is 0 Å². The van der Waals surface area contributed by atoms with Gasteiger partial charge in [0.2, 0.25) is 5.91 Å². The van der Waals surface area contributed by atoms with Gasteiger partial charge in [-0.15, -0.1) is 0 Å². The third-order valence-corrected chi connectivity index (χ3v) is 6.29. The average Bonchev–Trinajstić information content (AvgIpc) is 3.49. The standard InChI is InChI=1S/C22H22ClFN4O2S/c1-22(2,20(25)29)10-12-8-13(24)9-14(16(12)23)17-18(30-19(28-17)11-4-5-11)15-6-7-26-21(27-15)31-3/h6-9,11H,4-5,10H2,1-3H3,(H2,25,29). The zero-order valence-electron chi connectivity index (χ0n) is 17.4. The van der Waals surface area contributed by atoms with Crippen molar-refractivity contribution in [1.82, 2.24) is 15.0 Å². The first-order valence-electron chi connectivity index (χ1n) is 9.86. The lowest BCUT2D eigenvalue weighted by molar-refractivity contribution is -0.125. The van der Waals surface area contributed by atoms with Gasteiger partial charge in [-0.1, -0.05) is 37.2 Å². The zero-order valence-corrected chi connectivity index (χ0v) is 19.0. The molecule has 31 heavy (non-hydrogen) atoms. The molecule has 1 aliphatic rings. The van der Waals surface area contributed by atoms with Crippen LogP contribution in [-0.2, 0) is 11.2 Å². The molecule has 0 atom stereocenters. The fourth-order valence-corrected chi connectivity index (χ4v) is 3.89. The molecule has 0 spiro atoms. The van der Waals surface area contributed by atoms with E-state index in [2.05, 4.69) is 15.0 Å². The summed E-state index contributed by atoms with van der Waals surface area (Å²) < 4.78 is 20.7. The highest BCUT2D eigenvalue weighted by Crippen LogP contribution is 2.45. The second-order valence-corrected chi connectivity index (χ2v) is 9.44. The number of rotatable bonds is 7. The number of nitrogens with zero attached hydrogens (tertiary/aromatic N) is 3. The Hall–Kier alpha value is -2.45. The van der Waals surface area contributed by atoms with Gasteiger partial charge < -0.3 is 10.2 Å². The number of nitrogens with two attached hydrogens (primary N) is 1. The van der Waals surface area contributed by atoms with Gasteiger partial charge in [0.1, 0.15) is 17.2 Å². The number of amides is 1. The minimum absolute atomic E-state index is 0.193. The first kappa shape index (κ1) is 21.8. The molecule has 0 bridgehead atoms. The molecule has 2 heterocycles. The smallest absolute Gasteiger partial charge is 0.223 e. The van der Waals surface area contributed by atoms with Gasteiger partial charge >= 0.3 is 0 Å². The van der Waals surface area contributed by atoms with Gasteiger partial charge in [0.25, 0.3) is 0 Å². The third-order valence-electron chi connectivity index (χ3n) is 5.29. The van der Waals surface area contributed by atoms with Crippen molar-refractivity contribution in [3.63, 3.8) is 0 Å². The maximum absolute atomic E-state index is 14.6. The predicted octanol–water partition coefficient (Wildman–Crippen LogP) is 5.24. The molecule has 0 radical (unpaired) electrons. The number of aromatic nitrogens is 3. The maximum atomic E-state index is 14.6. The Kier molecular flexibility index (Phi) is 5.79. The maximum Gasteiger partial charge on any atom is 0.223 e. The Bertz CT molecular complexity index is 1160. The number of carbonyl (C=O) groups is 1. The van der Waals surface area contributed by atoms with Crippen LogP contribution >= 0.6 is 23.4 Å². The number of hydrogen-bond donors (Lipinski definition) is 1. The topological polar surface area (TPSA) is 94.9 Å². The predicted molar refractivity (Wildman–Crippen MR) is 118 cm³/mol. The van der Waals surface area contributed by atoms with Crippen LogP contribution in [0.1, 0.15) is 44.1 Å².